The molecule has 0 fully saturated rings. The first-order chi connectivity index (χ1) is 17.8. The maximum atomic E-state index is 10.1. The van der Waals surface area contributed by atoms with Crippen LogP contribution in [0.25, 0.3) is 4.85 Å². The number of benzene rings is 5. The zero-order chi connectivity index (χ0) is 24.5. The number of hydrogen-bond donors (Lipinski definition) is 0. The van der Waals surface area contributed by atoms with Crippen molar-refractivity contribution in [2.75, 3.05) is 4.90 Å². The molecule has 0 bridgehead atoms. The minimum atomic E-state index is -3.45. The Labute approximate surface area is 213 Å². The van der Waals surface area contributed by atoms with Crippen LogP contribution in [0.5, 0.6) is 0 Å². The van der Waals surface area contributed by atoms with Crippen molar-refractivity contribution in [2.24, 2.45) is 0 Å². The van der Waals surface area contributed by atoms with Crippen LogP contribution in [-0.2, 0) is 0 Å². The first-order valence-corrected chi connectivity index (χ1v) is 16.0. The zero-order valence-electron chi connectivity index (χ0n) is 19.5. The molecule has 0 amide bonds. The fourth-order valence-electron chi connectivity index (χ4n) is 5.60. The fraction of sp³-hybridized carbons (Fsp3) is 0. The van der Waals surface area contributed by atoms with Crippen LogP contribution in [0.4, 0.5) is 22.7 Å². The standard InChI is InChI=1S/C32H21GeN3/c1-35-29-20-12-13-24(23-34)32(29)36-30-21-10-8-18-27(30)33(25-14-4-2-5-15-25,26-16-6-3-7-17-26)28-19-9-11-22-31(28)36/h2-22H. The van der Waals surface area contributed by atoms with Crippen LogP contribution in [0, 0.1) is 17.9 Å². The van der Waals surface area contributed by atoms with Crippen molar-refractivity contribution in [3.8, 4) is 6.07 Å². The molecule has 5 aromatic rings. The number of fused-ring (bicyclic) bond motifs is 2. The normalized spacial score (nSPS) is 13.1. The molecule has 3 nitrogen and oxygen atoms in total. The van der Waals surface area contributed by atoms with Gasteiger partial charge < -0.3 is 0 Å². The van der Waals surface area contributed by atoms with Gasteiger partial charge in [-0.05, 0) is 0 Å². The fourth-order valence-corrected chi connectivity index (χ4v) is 16.3. The Morgan fingerprint density at radius 2 is 1.11 bits per heavy atom. The molecule has 36 heavy (non-hydrogen) atoms. The van der Waals surface area contributed by atoms with Gasteiger partial charge in [0.2, 0.25) is 0 Å². The van der Waals surface area contributed by atoms with Crippen molar-refractivity contribution in [3.05, 3.63) is 144 Å². The predicted molar refractivity (Wildman–Crippen MR) is 149 cm³/mol. The molecule has 0 radical (unpaired) electrons. The van der Waals surface area contributed by atoms with Crippen molar-refractivity contribution in [1.82, 2.24) is 0 Å². The SMILES string of the molecule is [C-]#[N+]c1cccc(C#N)c1N1c2cccc[c]2[Ge]([c]2ccccc2)([c]2ccccc2)[c]2ccccc21. The first-order valence-electron chi connectivity index (χ1n) is 11.8. The Bertz CT molecular complexity index is 1540. The summed E-state index contributed by atoms with van der Waals surface area (Å²) in [5.74, 6) is 0. The summed E-state index contributed by atoms with van der Waals surface area (Å²) in [6.07, 6.45) is 0. The summed E-state index contributed by atoms with van der Waals surface area (Å²) >= 11 is -3.45. The molecular weight excluding hydrogens is 499 g/mol. The third-order valence-corrected chi connectivity index (χ3v) is 17.2. The summed E-state index contributed by atoms with van der Waals surface area (Å²) in [4.78, 5) is 5.97. The topological polar surface area (TPSA) is 31.4 Å². The van der Waals surface area contributed by atoms with Crippen molar-refractivity contribution in [1.29, 1.82) is 5.26 Å². The second kappa shape index (κ2) is 8.89. The van der Waals surface area contributed by atoms with Crippen molar-refractivity contribution >= 4 is 53.6 Å². The average molecular weight is 520 g/mol. The molecule has 1 aliphatic heterocycles. The van der Waals surface area contributed by atoms with E-state index in [9.17, 15) is 5.26 Å². The molecule has 168 valence electrons. The summed E-state index contributed by atoms with van der Waals surface area (Å²) in [6.45, 7) is 7.89. The molecule has 0 aliphatic carbocycles. The molecule has 0 aromatic heterocycles. The van der Waals surface area contributed by atoms with Crippen LogP contribution >= 0.6 is 0 Å². The maximum absolute atomic E-state index is 10.1. The molecule has 1 heterocycles. The molecule has 0 saturated carbocycles. The minimum absolute atomic E-state index is 0.470. The Balaban J connectivity index is 1.80. The molecule has 1 aliphatic rings. The molecule has 0 spiro atoms. The van der Waals surface area contributed by atoms with Crippen LogP contribution in [-0.4, -0.2) is 13.3 Å². The number of anilines is 3. The zero-order valence-corrected chi connectivity index (χ0v) is 21.6. The van der Waals surface area contributed by atoms with Gasteiger partial charge in [-0.15, -0.1) is 0 Å². The number of hydrogen-bond acceptors (Lipinski definition) is 2. The van der Waals surface area contributed by atoms with Gasteiger partial charge >= 0.3 is 214 Å². The molecule has 4 heteroatoms. The quantitative estimate of drug-likeness (QED) is 0.235. The number of nitriles is 1. The van der Waals surface area contributed by atoms with E-state index in [0.717, 1.165) is 11.4 Å². The number of rotatable bonds is 3. The average Bonchev–Trinajstić information content (AvgIpc) is 2.96. The van der Waals surface area contributed by atoms with E-state index in [1.54, 1.807) is 18.2 Å². The molecule has 0 N–H and O–H groups in total. The Kier molecular flexibility index (Phi) is 5.42. The van der Waals surface area contributed by atoms with E-state index < -0.39 is 13.3 Å². The molecule has 0 atom stereocenters. The van der Waals surface area contributed by atoms with E-state index in [0.29, 0.717) is 16.9 Å². The monoisotopic (exact) mass is 521 g/mol. The van der Waals surface area contributed by atoms with Gasteiger partial charge in [0, 0.05) is 0 Å². The van der Waals surface area contributed by atoms with Crippen molar-refractivity contribution in [3.63, 3.8) is 0 Å². The Morgan fingerprint density at radius 1 is 0.611 bits per heavy atom. The van der Waals surface area contributed by atoms with E-state index in [4.69, 9.17) is 6.57 Å². The third-order valence-electron chi connectivity index (χ3n) is 6.99. The second-order valence-electron chi connectivity index (χ2n) is 8.75. The number of nitrogens with zero attached hydrogens (tertiary/aromatic N) is 3. The van der Waals surface area contributed by atoms with Crippen LogP contribution < -0.4 is 22.5 Å². The van der Waals surface area contributed by atoms with Gasteiger partial charge in [0.25, 0.3) is 0 Å². The summed E-state index contributed by atoms with van der Waals surface area (Å²) in [5, 5.41) is 10.1. The van der Waals surface area contributed by atoms with E-state index >= 15 is 0 Å². The van der Waals surface area contributed by atoms with E-state index in [-0.39, 0.29) is 0 Å². The Morgan fingerprint density at radius 3 is 1.61 bits per heavy atom. The van der Waals surface area contributed by atoms with Crippen LogP contribution in [0.2, 0.25) is 0 Å². The molecule has 0 unspecified atom stereocenters. The van der Waals surface area contributed by atoms with Gasteiger partial charge in [-0.1, -0.05) is 0 Å². The molecular formula is C32H21GeN3. The summed E-state index contributed by atoms with van der Waals surface area (Å²) in [6, 6.07) is 46.6. The van der Waals surface area contributed by atoms with Gasteiger partial charge in [-0.25, -0.2) is 0 Å². The summed E-state index contributed by atoms with van der Waals surface area (Å²) < 4.78 is 5.28. The molecule has 6 rings (SSSR count). The second-order valence-corrected chi connectivity index (χ2v) is 16.6. The van der Waals surface area contributed by atoms with Gasteiger partial charge in [0.05, 0.1) is 0 Å². The van der Waals surface area contributed by atoms with E-state index in [2.05, 4.69) is 125 Å². The first kappa shape index (κ1) is 21.9. The Hall–Kier alpha value is -4.58. The van der Waals surface area contributed by atoms with Gasteiger partial charge in [0.15, 0.2) is 0 Å². The third kappa shape index (κ3) is 3.11. The van der Waals surface area contributed by atoms with Crippen molar-refractivity contribution < 1.29 is 0 Å². The summed E-state index contributed by atoms with van der Waals surface area (Å²) in [7, 11) is 0. The van der Waals surface area contributed by atoms with E-state index in [1.165, 1.54) is 17.6 Å². The van der Waals surface area contributed by atoms with Crippen LogP contribution in [0.15, 0.2) is 127 Å². The van der Waals surface area contributed by atoms with Gasteiger partial charge in [0.1, 0.15) is 0 Å². The van der Waals surface area contributed by atoms with E-state index in [1.807, 2.05) is 0 Å². The molecule has 0 saturated heterocycles. The van der Waals surface area contributed by atoms with Gasteiger partial charge in [-0.2, -0.15) is 0 Å². The summed E-state index contributed by atoms with van der Waals surface area (Å²) in [5.41, 5.74) is 3.69. The number of para-hydroxylation sites is 3. The predicted octanol–water partition coefficient (Wildman–Crippen LogP) is 5.27. The van der Waals surface area contributed by atoms with Crippen LogP contribution in [0.3, 0.4) is 0 Å². The van der Waals surface area contributed by atoms with Gasteiger partial charge in [-0.3, -0.25) is 0 Å². The van der Waals surface area contributed by atoms with Crippen molar-refractivity contribution in [2.45, 2.75) is 0 Å². The van der Waals surface area contributed by atoms with Crippen LogP contribution in [0.1, 0.15) is 5.56 Å². The molecule has 5 aromatic carbocycles.